The van der Waals surface area contributed by atoms with Crippen LogP contribution < -0.4 is 0 Å². The van der Waals surface area contributed by atoms with Crippen LogP contribution >= 0.6 is 0 Å². The van der Waals surface area contributed by atoms with Crippen LogP contribution in [0.4, 0.5) is 0 Å². The second kappa shape index (κ2) is 15.4. The van der Waals surface area contributed by atoms with Crippen molar-refractivity contribution in [2.45, 2.75) is 115 Å². The van der Waals surface area contributed by atoms with Gasteiger partial charge in [0.05, 0.1) is 5.60 Å². The predicted molar refractivity (Wildman–Crippen MR) is 109 cm³/mol. The molecule has 0 radical (unpaired) electrons. The number of allylic oxidation sites excluding steroid dienone is 1. The van der Waals surface area contributed by atoms with Crippen molar-refractivity contribution in [1.29, 1.82) is 0 Å². The maximum absolute atomic E-state index is 11.6. The Bertz CT molecular complexity index is 378. The lowest BCUT2D eigenvalue weighted by Gasteiger charge is -2.26. The summed E-state index contributed by atoms with van der Waals surface area (Å²) in [6.07, 6.45) is 24.1. The molecule has 0 aromatic heterocycles. The maximum Gasteiger partial charge on any atom is 0.158 e. The molecule has 0 N–H and O–H groups in total. The Morgan fingerprint density at radius 2 is 1.35 bits per heavy atom. The number of methoxy groups -OCH3 is 1. The monoisotopic (exact) mass is 366 g/mol. The molecule has 0 bridgehead atoms. The number of ether oxygens (including phenoxy) is 2. The first-order valence-electron chi connectivity index (χ1n) is 11.1. The van der Waals surface area contributed by atoms with E-state index < -0.39 is 5.60 Å². The minimum atomic E-state index is -0.399. The van der Waals surface area contributed by atoms with Crippen LogP contribution in [0.3, 0.4) is 0 Å². The summed E-state index contributed by atoms with van der Waals surface area (Å²) in [5.41, 5.74) is -0.399. The van der Waals surface area contributed by atoms with Crippen LogP contribution in [-0.2, 0) is 14.3 Å². The molecule has 0 saturated carbocycles. The van der Waals surface area contributed by atoms with Crippen molar-refractivity contribution in [3.8, 4) is 0 Å². The normalized spacial score (nSPS) is 19.5. The Morgan fingerprint density at radius 3 is 1.77 bits per heavy atom. The van der Waals surface area contributed by atoms with Crippen LogP contribution in [0.2, 0.25) is 0 Å². The molecule has 1 aliphatic carbocycles. The molecule has 152 valence electrons. The van der Waals surface area contributed by atoms with Crippen molar-refractivity contribution in [3.63, 3.8) is 0 Å². The molecule has 26 heavy (non-hydrogen) atoms. The van der Waals surface area contributed by atoms with Gasteiger partial charge in [0.15, 0.2) is 5.78 Å². The van der Waals surface area contributed by atoms with Crippen molar-refractivity contribution in [2.75, 3.05) is 13.9 Å². The van der Waals surface area contributed by atoms with Gasteiger partial charge >= 0.3 is 0 Å². The molecule has 0 aliphatic heterocycles. The number of ketones is 1. The van der Waals surface area contributed by atoms with Gasteiger partial charge in [-0.1, -0.05) is 96.8 Å². The fraction of sp³-hybridized carbons (Fsp3) is 0.870. The standard InChI is InChI=1S/C23H42O3/c1-3-4-5-6-7-8-9-10-11-12-13-14-15-16-18-23(26-21-25-2)19-17-22(24)20-23/h17,19H,3-16,18,20-21H2,1-2H3/t23-/m0/s1. The summed E-state index contributed by atoms with van der Waals surface area (Å²) in [4.78, 5) is 11.6. The van der Waals surface area contributed by atoms with Crippen LogP contribution in [0, 0.1) is 0 Å². The fourth-order valence-corrected chi connectivity index (χ4v) is 3.80. The van der Waals surface area contributed by atoms with E-state index in [1.54, 1.807) is 13.2 Å². The van der Waals surface area contributed by atoms with E-state index in [2.05, 4.69) is 6.92 Å². The van der Waals surface area contributed by atoms with Gasteiger partial charge in [-0.2, -0.15) is 0 Å². The lowest BCUT2D eigenvalue weighted by molar-refractivity contribution is -0.129. The minimum Gasteiger partial charge on any atom is -0.359 e. The quantitative estimate of drug-likeness (QED) is 0.199. The van der Waals surface area contributed by atoms with E-state index in [1.807, 2.05) is 6.08 Å². The molecule has 0 amide bonds. The zero-order chi connectivity index (χ0) is 18.9. The molecule has 0 fully saturated rings. The van der Waals surface area contributed by atoms with E-state index >= 15 is 0 Å². The number of rotatable bonds is 18. The first-order valence-corrected chi connectivity index (χ1v) is 11.1. The average molecular weight is 367 g/mol. The summed E-state index contributed by atoms with van der Waals surface area (Å²) >= 11 is 0. The Labute approximate surface area is 161 Å². The van der Waals surface area contributed by atoms with Gasteiger partial charge < -0.3 is 9.47 Å². The average Bonchev–Trinajstić information content (AvgIpc) is 3.01. The Balaban J connectivity index is 1.91. The van der Waals surface area contributed by atoms with Gasteiger partial charge in [0.1, 0.15) is 6.79 Å². The van der Waals surface area contributed by atoms with E-state index in [0.717, 1.165) is 12.8 Å². The van der Waals surface area contributed by atoms with Crippen molar-refractivity contribution < 1.29 is 14.3 Å². The molecule has 0 heterocycles. The first-order chi connectivity index (χ1) is 12.7. The maximum atomic E-state index is 11.6. The van der Waals surface area contributed by atoms with Gasteiger partial charge in [-0.05, 0) is 18.6 Å². The SMILES string of the molecule is CCCCCCCCCCCCCCCC[C@]1(OCOC)C=CC(=O)C1. The number of carbonyl (C=O) groups is 1. The molecule has 0 aromatic carbocycles. The van der Waals surface area contributed by atoms with Gasteiger partial charge in [-0.3, -0.25) is 4.79 Å². The molecule has 1 aliphatic rings. The summed E-state index contributed by atoms with van der Waals surface area (Å²) < 4.78 is 10.8. The van der Waals surface area contributed by atoms with Crippen LogP contribution in [-0.4, -0.2) is 25.3 Å². The molecule has 0 unspecified atom stereocenters. The molecular weight excluding hydrogens is 324 g/mol. The summed E-state index contributed by atoms with van der Waals surface area (Å²) in [5.74, 6) is 0.173. The molecule has 0 aromatic rings. The number of hydrogen-bond donors (Lipinski definition) is 0. The molecule has 3 heteroatoms. The molecular formula is C23H42O3. The Hall–Kier alpha value is -0.670. The minimum absolute atomic E-state index is 0.173. The second-order valence-electron chi connectivity index (χ2n) is 7.94. The highest BCUT2D eigenvalue weighted by atomic mass is 16.7. The van der Waals surface area contributed by atoms with Crippen LogP contribution in [0.5, 0.6) is 0 Å². The third kappa shape index (κ3) is 11.1. The smallest absolute Gasteiger partial charge is 0.158 e. The highest BCUT2D eigenvalue weighted by Gasteiger charge is 2.34. The highest BCUT2D eigenvalue weighted by molar-refractivity contribution is 5.93. The van der Waals surface area contributed by atoms with Crippen molar-refractivity contribution in [1.82, 2.24) is 0 Å². The summed E-state index contributed by atoms with van der Waals surface area (Å²) in [6, 6.07) is 0. The molecule has 0 spiro atoms. The van der Waals surface area contributed by atoms with Gasteiger partial charge in [0.2, 0.25) is 0 Å². The van der Waals surface area contributed by atoms with Crippen LogP contribution in [0.1, 0.15) is 110 Å². The molecule has 3 nitrogen and oxygen atoms in total. The zero-order valence-electron chi connectivity index (χ0n) is 17.4. The van der Waals surface area contributed by atoms with Crippen LogP contribution in [0.25, 0.3) is 0 Å². The Kier molecular flexibility index (Phi) is 13.8. The van der Waals surface area contributed by atoms with Gasteiger partial charge in [-0.25, -0.2) is 0 Å². The van der Waals surface area contributed by atoms with E-state index in [1.165, 1.54) is 83.5 Å². The first kappa shape index (κ1) is 23.4. The summed E-state index contributed by atoms with van der Waals surface area (Å²) in [5, 5.41) is 0. The third-order valence-corrected chi connectivity index (χ3v) is 5.46. The van der Waals surface area contributed by atoms with E-state index in [9.17, 15) is 4.79 Å². The number of carbonyl (C=O) groups excluding carboxylic acids is 1. The van der Waals surface area contributed by atoms with Gasteiger partial charge in [-0.15, -0.1) is 0 Å². The third-order valence-electron chi connectivity index (χ3n) is 5.46. The number of hydrogen-bond acceptors (Lipinski definition) is 3. The second-order valence-corrected chi connectivity index (χ2v) is 7.94. The topological polar surface area (TPSA) is 35.5 Å². The van der Waals surface area contributed by atoms with Gasteiger partial charge in [0.25, 0.3) is 0 Å². The van der Waals surface area contributed by atoms with E-state index in [-0.39, 0.29) is 12.6 Å². The highest BCUT2D eigenvalue weighted by Crippen LogP contribution is 2.30. The van der Waals surface area contributed by atoms with Crippen LogP contribution in [0.15, 0.2) is 12.2 Å². The lowest BCUT2D eigenvalue weighted by atomic mass is 9.94. The predicted octanol–water partition coefficient (Wildman–Crippen LogP) is 6.75. The zero-order valence-corrected chi connectivity index (χ0v) is 17.4. The molecule has 1 rings (SSSR count). The fourth-order valence-electron chi connectivity index (χ4n) is 3.80. The number of unbranched alkanes of at least 4 members (excludes halogenated alkanes) is 13. The Morgan fingerprint density at radius 1 is 0.846 bits per heavy atom. The largest absolute Gasteiger partial charge is 0.359 e. The van der Waals surface area contributed by atoms with Crippen molar-refractivity contribution in [2.24, 2.45) is 0 Å². The van der Waals surface area contributed by atoms with Crippen molar-refractivity contribution in [3.05, 3.63) is 12.2 Å². The summed E-state index contributed by atoms with van der Waals surface area (Å²) in [6.45, 7) is 2.54. The lowest BCUT2D eigenvalue weighted by Crippen LogP contribution is -2.30. The molecule has 0 saturated heterocycles. The molecule has 1 atom stereocenters. The van der Waals surface area contributed by atoms with Gasteiger partial charge in [0, 0.05) is 13.5 Å². The summed E-state index contributed by atoms with van der Waals surface area (Å²) in [7, 11) is 1.63. The van der Waals surface area contributed by atoms with E-state index in [4.69, 9.17) is 9.47 Å². The van der Waals surface area contributed by atoms with Crippen molar-refractivity contribution >= 4 is 5.78 Å². The van der Waals surface area contributed by atoms with E-state index in [0.29, 0.717) is 6.42 Å².